The first kappa shape index (κ1) is 23.4. The monoisotopic (exact) mass is 390 g/mol. The zero-order valence-corrected chi connectivity index (χ0v) is 17.7. The first-order valence-corrected chi connectivity index (χ1v) is 10.4. The van der Waals surface area contributed by atoms with Crippen LogP contribution in [0.5, 0.6) is 0 Å². The van der Waals surface area contributed by atoms with Crippen molar-refractivity contribution in [3.05, 3.63) is 53.6 Å². The third-order valence-corrected chi connectivity index (χ3v) is 5.08. The number of rotatable bonds is 12. The number of aryl methyl sites for hydroxylation is 2. The molecule has 0 atom stereocenters. The second kappa shape index (κ2) is 13.5. The predicted molar refractivity (Wildman–Crippen MR) is 107 cm³/mol. The van der Waals surface area contributed by atoms with Crippen LogP contribution in [-0.4, -0.2) is 10.5 Å². The predicted octanol–water partition coefficient (Wildman–Crippen LogP) is 2.77. The lowest BCUT2D eigenvalue weighted by Gasteiger charge is -2.04. The average molecular weight is 391 g/mol. The molecule has 150 valence electrons. The number of imidazole rings is 1. The van der Waals surface area contributed by atoms with Gasteiger partial charge in [0, 0.05) is 13.3 Å². The fourth-order valence-corrected chi connectivity index (χ4v) is 3.50. The number of H-pyrrole nitrogens is 1. The minimum absolute atomic E-state index is 0. The lowest BCUT2D eigenvalue weighted by Crippen LogP contribution is -3.00. The summed E-state index contributed by atoms with van der Waals surface area (Å²) in [5, 5.41) is 0. The van der Waals surface area contributed by atoms with Crippen LogP contribution in [0.4, 0.5) is 0 Å². The van der Waals surface area contributed by atoms with Crippen LogP contribution in [0.25, 0.3) is 0 Å². The van der Waals surface area contributed by atoms with Gasteiger partial charge in [-0.25, -0.2) is 9.78 Å². The van der Waals surface area contributed by atoms with Crippen molar-refractivity contribution in [3.8, 4) is 0 Å². The number of halogens is 1. The molecule has 2 rings (SSSR count). The van der Waals surface area contributed by atoms with Crippen molar-refractivity contribution in [1.29, 1.82) is 0 Å². The second-order valence-electron chi connectivity index (χ2n) is 7.30. The van der Waals surface area contributed by atoms with Gasteiger partial charge >= 0.3 is 5.91 Å². The zero-order valence-electron chi connectivity index (χ0n) is 17.0. The van der Waals surface area contributed by atoms with Crippen LogP contribution in [0, 0.1) is 6.92 Å². The average Bonchev–Trinajstić information content (AvgIpc) is 3.04. The standard InChI is InChI=1S/C23H34N2O.ClH/c1-3-4-5-6-7-8-9-10-11-15-18-22-19-24-20(2)25(22)23(26)21-16-13-12-14-17-21;/h12-14,16-17,19H,3-11,15,18H2,1-2H3;1H. The van der Waals surface area contributed by atoms with Crippen molar-refractivity contribution in [2.24, 2.45) is 0 Å². The molecule has 0 unspecified atom stereocenters. The molecule has 1 aromatic heterocycles. The maximum atomic E-state index is 12.8. The number of nitrogens with zero attached hydrogens (tertiary/aromatic N) is 1. The fourth-order valence-electron chi connectivity index (χ4n) is 3.50. The summed E-state index contributed by atoms with van der Waals surface area (Å²) >= 11 is 0. The highest BCUT2D eigenvalue weighted by Gasteiger charge is 2.22. The molecule has 0 aliphatic rings. The number of hydrogen-bond acceptors (Lipinski definition) is 1. The van der Waals surface area contributed by atoms with Gasteiger partial charge in [0.1, 0.15) is 6.20 Å². The number of unbranched alkanes of at least 4 members (excludes halogenated alkanes) is 9. The largest absolute Gasteiger partial charge is 1.00 e. The van der Waals surface area contributed by atoms with E-state index in [4.69, 9.17) is 0 Å². The van der Waals surface area contributed by atoms with E-state index < -0.39 is 0 Å². The molecule has 0 spiro atoms. The van der Waals surface area contributed by atoms with Crippen LogP contribution in [0.15, 0.2) is 36.5 Å². The summed E-state index contributed by atoms with van der Waals surface area (Å²) in [6.45, 7) is 4.23. The number of carbonyl (C=O) groups excluding carboxylic acids is 1. The highest BCUT2D eigenvalue weighted by molar-refractivity contribution is 5.96. The molecule has 1 aromatic carbocycles. The molecule has 0 radical (unpaired) electrons. The number of aromatic nitrogens is 2. The van der Waals surface area contributed by atoms with Gasteiger partial charge in [0.25, 0.3) is 5.82 Å². The van der Waals surface area contributed by atoms with Crippen LogP contribution in [0.3, 0.4) is 0 Å². The van der Waals surface area contributed by atoms with E-state index in [-0.39, 0.29) is 18.3 Å². The molecule has 2 aromatic rings. The van der Waals surface area contributed by atoms with E-state index in [2.05, 4.69) is 11.9 Å². The first-order valence-electron chi connectivity index (χ1n) is 10.4. The number of aromatic amines is 1. The van der Waals surface area contributed by atoms with Crippen LogP contribution in [-0.2, 0) is 6.42 Å². The van der Waals surface area contributed by atoms with Crippen molar-refractivity contribution in [2.45, 2.75) is 84.5 Å². The van der Waals surface area contributed by atoms with E-state index in [1.54, 1.807) is 0 Å². The Bertz CT molecular complexity index is 652. The molecule has 1 heterocycles. The van der Waals surface area contributed by atoms with Gasteiger partial charge in [-0.2, -0.15) is 4.57 Å². The molecule has 0 fully saturated rings. The SMILES string of the molecule is CCCCCCCCCCCCc1c[nH+]c(C)n1C(=O)c1ccccc1.[Cl-]. The van der Waals surface area contributed by atoms with Gasteiger partial charge in [0.05, 0.1) is 5.56 Å². The van der Waals surface area contributed by atoms with Crippen LogP contribution in [0.1, 0.15) is 93.0 Å². The molecular weight excluding hydrogens is 356 g/mol. The number of hydrogen-bond donors (Lipinski definition) is 0. The van der Waals surface area contributed by atoms with E-state index in [9.17, 15) is 4.79 Å². The lowest BCUT2D eigenvalue weighted by molar-refractivity contribution is -0.386. The van der Waals surface area contributed by atoms with Gasteiger partial charge < -0.3 is 12.4 Å². The van der Waals surface area contributed by atoms with Crippen molar-refractivity contribution in [3.63, 3.8) is 0 Å². The Hall–Kier alpha value is -1.61. The molecule has 0 saturated heterocycles. The van der Waals surface area contributed by atoms with Gasteiger partial charge in [-0.3, -0.25) is 0 Å². The summed E-state index contributed by atoms with van der Waals surface area (Å²) in [5.74, 6) is 0.965. The van der Waals surface area contributed by atoms with Gasteiger partial charge in [0.15, 0.2) is 5.69 Å². The summed E-state index contributed by atoms with van der Waals surface area (Å²) < 4.78 is 1.84. The molecule has 4 heteroatoms. The third kappa shape index (κ3) is 7.88. The Morgan fingerprint density at radius 3 is 2.04 bits per heavy atom. The molecular formula is C23H35ClN2O. The highest BCUT2D eigenvalue weighted by atomic mass is 35.5. The summed E-state index contributed by atoms with van der Waals surface area (Å²) in [7, 11) is 0. The Kier molecular flexibility index (Phi) is 11.8. The first-order chi connectivity index (χ1) is 12.7. The van der Waals surface area contributed by atoms with E-state index in [0.29, 0.717) is 0 Å². The maximum absolute atomic E-state index is 12.8. The van der Waals surface area contributed by atoms with E-state index in [1.165, 1.54) is 57.8 Å². The summed E-state index contributed by atoms with van der Waals surface area (Å²) in [6.07, 6.45) is 16.3. The van der Waals surface area contributed by atoms with Crippen molar-refractivity contribution in [1.82, 2.24) is 4.57 Å². The fraction of sp³-hybridized carbons (Fsp3) is 0.565. The molecule has 27 heavy (non-hydrogen) atoms. The Labute approximate surface area is 171 Å². The quantitative estimate of drug-likeness (QED) is 0.513. The Morgan fingerprint density at radius 1 is 0.889 bits per heavy atom. The van der Waals surface area contributed by atoms with Gasteiger partial charge in [-0.1, -0.05) is 82.9 Å². The zero-order chi connectivity index (χ0) is 18.6. The van der Waals surface area contributed by atoms with Crippen LogP contribution in [0.2, 0.25) is 0 Å². The molecule has 0 bridgehead atoms. The molecule has 3 nitrogen and oxygen atoms in total. The Morgan fingerprint density at radius 2 is 1.44 bits per heavy atom. The lowest BCUT2D eigenvalue weighted by atomic mass is 10.1. The normalized spacial score (nSPS) is 10.6. The van der Waals surface area contributed by atoms with Gasteiger partial charge in [-0.15, -0.1) is 0 Å². The van der Waals surface area contributed by atoms with Crippen molar-refractivity contribution in [2.75, 3.05) is 0 Å². The van der Waals surface area contributed by atoms with E-state index in [0.717, 1.165) is 29.9 Å². The smallest absolute Gasteiger partial charge is 0.345 e. The van der Waals surface area contributed by atoms with Crippen LogP contribution >= 0.6 is 0 Å². The van der Waals surface area contributed by atoms with Gasteiger partial charge in [0.2, 0.25) is 0 Å². The summed E-state index contributed by atoms with van der Waals surface area (Å²) in [4.78, 5) is 16.0. The minimum Gasteiger partial charge on any atom is -1.00 e. The number of benzene rings is 1. The topological polar surface area (TPSA) is 36.1 Å². The van der Waals surface area contributed by atoms with Gasteiger partial charge in [-0.05, 0) is 18.6 Å². The second-order valence-corrected chi connectivity index (χ2v) is 7.30. The molecule has 1 N–H and O–H groups in total. The van der Waals surface area contributed by atoms with E-state index >= 15 is 0 Å². The number of nitrogens with one attached hydrogen (secondary N) is 1. The molecule has 0 saturated carbocycles. The number of carbonyl (C=O) groups is 1. The minimum atomic E-state index is 0. The third-order valence-electron chi connectivity index (χ3n) is 5.08. The van der Waals surface area contributed by atoms with Crippen molar-refractivity contribution >= 4 is 5.91 Å². The van der Waals surface area contributed by atoms with E-state index in [1.807, 2.05) is 48.0 Å². The summed E-state index contributed by atoms with van der Waals surface area (Å²) in [6, 6.07) is 9.53. The maximum Gasteiger partial charge on any atom is 0.345 e. The Balaban J connectivity index is 0.00000364. The highest BCUT2D eigenvalue weighted by Crippen LogP contribution is 2.14. The van der Waals surface area contributed by atoms with Crippen molar-refractivity contribution < 1.29 is 22.2 Å². The molecule has 0 aliphatic heterocycles. The van der Waals surface area contributed by atoms with Crippen LogP contribution < -0.4 is 17.4 Å². The summed E-state index contributed by atoms with van der Waals surface area (Å²) in [5.41, 5.74) is 1.83. The molecule has 0 amide bonds. The molecule has 0 aliphatic carbocycles.